The highest BCUT2D eigenvalue weighted by molar-refractivity contribution is 9.10. The zero-order valence-electron chi connectivity index (χ0n) is 13.9. The predicted octanol–water partition coefficient (Wildman–Crippen LogP) is 3.78. The van der Waals surface area contributed by atoms with Gasteiger partial charge in [-0.2, -0.15) is 0 Å². The van der Waals surface area contributed by atoms with Gasteiger partial charge in [0.25, 0.3) is 5.91 Å². The Hall–Kier alpha value is -1.85. The fraction of sp³-hybridized carbons (Fsp3) is 0.316. The molecular weight excluding hydrogens is 366 g/mol. The Morgan fingerprint density at radius 3 is 2.58 bits per heavy atom. The van der Waals surface area contributed by atoms with E-state index < -0.39 is 0 Å². The summed E-state index contributed by atoms with van der Waals surface area (Å²) in [7, 11) is 2.10. The molecule has 0 aliphatic carbocycles. The van der Waals surface area contributed by atoms with Gasteiger partial charge < -0.3 is 14.8 Å². The molecule has 3 aromatic rings. The van der Waals surface area contributed by atoms with Crippen molar-refractivity contribution >= 4 is 43.6 Å². The monoisotopic (exact) mass is 385 g/mol. The molecule has 5 heteroatoms. The highest BCUT2D eigenvalue weighted by atomic mass is 79.9. The second-order valence-electron chi connectivity index (χ2n) is 6.63. The van der Waals surface area contributed by atoms with E-state index >= 15 is 0 Å². The number of fused-ring (bicyclic) bond motifs is 3. The van der Waals surface area contributed by atoms with E-state index in [9.17, 15) is 4.79 Å². The van der Waals surface area contributed by atoms with Crippen LogP contribution in [-0.2, 0) is 0 Å². The summed E-state index contributed by atoms with van der Waals surface area (Å²) in [6, 6.07) is 10.2. The Labute approximate surface area is 149 Å². The minimum absolute atomic E-state index is 0.126. The van der Waals surface area contributed by atoms with Crippen LogP contribution in [0.15, 0.2) is 34.8 Å². The number of likely N-dealkylation sites (N-methyl/N-ethyl adjacent to an activating group) is 1. The average Bonchev–Trinajstić information content (AvgIpc) is 2.93. The molecule has 1 fully saturated rings. The quantitative estimate of drug-likeness (QED) is 0.692. The Balaban J connectivity index is 1.74. The highest BCUT2D eigenvalue weighted by Crippen LogP contribution is 2.31. The average molecular weight is 386 g/mol. The lowest BCUT2D eigenvalue weighted by atomic mass is 10.1. The summed E-state index contributed by atoms with van der Waals surface area (Å²) in [4.78, 5) is 20.5. The van der Waals surface area contributed by atoms with Crippen molar-refractivity contribution in [2.75, 3.05) is 33.2 Å². The van der Waals surface area contributed by atoms with Crippen LogP contribution in [0.2, 0.25) is 0 Å². The van der Waals surface area contributed by atoms with Gasteiger partial charge >= 0.3 is 0 Å². The lowest BCUT2D eigenvalue weighted by Gasteiger charge is -2.32. The number of hydrogen-bond donors (Lipinski definition) is 1. The van der Waals surface area contributed by atoms with Crippen molar-refractivity contribution < 1.29 is 4.79 Å². The van der Waals surface area contributed by atoms with Gasteiger partial charge in [0.05, 0.1) is 0 Å². The molecule has 1 saturated heterocycles. The van der Waals surface area contributed by atoms with Crippen LogP contribution in [-0.4, -0.2) is 53.9 Å². The molecule has 4 nitrogen and oxygen atoms in total. The number of hydrogen-bond acceptors (Lipinski definition) is 2. The molecule has 0 bridgehead atoms. The van der Waals surface area contributed by atoms with Crippen molar-refractivity contribution in [2.45, 2.75) is 6.92 Å². The van der Waals surface area contributed by atoms with Crippen LogP contribution in [0.25, 0.3) is 21.8 Å². The predicted molar refractivity (Wildman–Crippen MR) is 102 cm³/mol. The zero-order chi connectivity index (χ0) is 16.8. The molecule has 1 aliphatic heterocycles. The second kappa shape index (κ2) is 5.90. The molecule has 0 unspecified atom stereocenters. The van der Waals surface area contributed by atoms with E-state index in [4.69, 9.17) is 0 Å². The molecule has 0 spiro atoms. The van der Waals surface area contributed by atoms with Crippen LogP contribution in [0.4, 0.5) is 0 Å². The molecule has 1 aliphatic rings. The van der Waals surface area contributed by atoms with Crippen LogP contribution in [0.1, 0.15) is 15.9 Å². The van der Waals surface area contributed by atoms with E-state index in [1.54, 1.807) is 0 Å². The maximum Gasteiger partial charge on any atom is 0.254 e. The minimum atomic E-state index is 0.126. The fourth-order valence-corrected chi connectivity index (χ4v) is 4.04. The first-order valence-corrected chi connectivity index (χ1v) is 9.01. The molecule has 1 amide bonds. The lowest BCUT2D eigenvalue weighted by molar-refractivity contribution is 0.0664. The highest BCUT2D eigenvalue weighted by Gasteiger charge is 2.21. The van der Waals surface area contributed by atoms with E-state index in [2.05, 4.69) is 58.0 Å². The van der Waals surface area contributed by atoms with E-state index in [1.807, 2.05) is 17.0 Å². The number of piperazine rings is 1. The third-order valence-corrected chi connectivity index (χ3v) is 5.36. The number of aryl methyl sites for hydroxylation is 1. The number of rotatable bonds is 1. The summed E-state index contributed by atoms with van der Waals surface area (Å²) in [5.74, 6) is 0.126. The first-order chi connectivity index (χ1) is 11.5. The Morgan fingerprint density at radius 1 is 1.08 bits per heavy atom. The van der Waals surface area contributed by atoms with Gasteiger partial charge in [0, 0.05) is 58.0 Å². The van der Waals surface area contributed by atoms with Crippen LogP contribution in [0.5, 0.6) is 0 Å². The molecular formula is C19H20BrN3O. The molecule has 24 heavy (non-hydrogen) atoms. The first kappa shape index (κ1) is 15.7. The number of nitrogens with one attached hydrogen (secondary N) is 1. The number of nitrogens with zero attached hydrogens (tertiary/aromatic N) is 2. The number of carbonyl (C=O) groups is 1. The standard InChI is InChI=1S/C19H20BrN3O/c1-12-9-14(20)11-16-15-4-3-13(10-17(15)21-18(12)16)19(24)23-7-5-22(2)6-8-23/h3-4,9-11,21H,5-8H2,1-2H3. The van der Waals surface area contributed by atoms with E-state index in [-0.39, 0.29) is 5.91 Å². The summed E-state index contributed by atoms with van der Waals surface area (Å²) >= 11 is 3.57. The SMILES string of the molecule is Cc1cc(Br)cc2c1[nH]c1cc(C(=O)N3CCN(C)CC3)ccc12. The lowest BCUT2D eigenvalue weighted by Crippen LogP contribution is -2.47. The number of aromatic nitrogens is 1. The van der Waals surface area contributed by atoms with Crippen LogP contribution < -0.4 is 0 Å². The van der Waals surface area contributed by atoms with Gasteiger partial charge in [0.2, 0.25) is 0 Å². The van der Waals surface area contributed by atoms with Gasteiger partial charge in [-0.05, 0) is 43.8 Å². The Kier molecular flexibility index (Phi) is 3.85. The van der Waals surface area contributed by atoms with Gasteiger partial charge in [0.1, 0.15) is 0 Å². The first-order valence-electron chi connectivity index (χ1n) is 8.22. The van der Waals surface area contributed by atoms with Gasteiger partial charge in [0.15, 0.2) is 0 Å². The van der Waals surface area contributed by atoms with Gasteiger partial charge in [-0.25, -0.2) is 0 Å². The van der Waals surface area contributed by atoms with Crippen molar-refractivity contribution in [1.82, 2.24) is 14.8 Å². The van der Waals surface area contributed by atoms with E-state index in [1.165, 1.54) is 10.9 Å². The Bertz CT molecular complexity index is 939. The third kappa shape index (κ3) is 2.62. The second-order valence-corrected chi connectivity index (χ2v) is 7.54. The van der Waals surface area contributed by atoms with Crippen LogP contribution >= 0.6 is 15.9 Å². The number of benzene rings is 2. The summed E-state index contributed by atoms with van der Waals surface area (Å²) in [5, 5.41) is 2.35. The zero-order valence-corrected chi connectivity index (χ0v) is 15.5. The molecule has 0 saturated carbocycles. The van der Waals surface area contributed by atoms with Gasteiger partial charge in [-0.15, -0.1) is 0 Å². The van der Waals surface area contributed by atoms with Crippen molar-refractivity contribution in [2.24, 2.45) is 0 Å². The van der Waals surface area contributed by atoms with Gasteiger partial charge in [-0.3, -0.25) is 4.79 Å². The topological polar surface area (TPSA) is 39.3 Å². The smallest absolute Gasteiger partial charge is 0.254 e. The summed E-state index contributed by atoms with van der Waals surface area (Å²) < 4.78 is 1.07. The molecule has 2 aromatic carbocycles. The molecule has 0 atom stereocenters. The number of H-pyrrole nitrogens is 1. The van der Waals surface area contributed by atoms with Gasteiger partial charge in [-0.1, -0.05) is 22.0 Å². The summed E-state index contributed by atoms with van der Waals surface area (Å²) in [6.07, 6.45) is 0. The van der Waals surface area contributed by atoms with Crippen LogP contribution in [0, 0.1) is 6.92 Å². The van der Waals surface area contributed by atoms with Crippen LogP contribution in [0.3, 0.4) is 0 Å². The third-order valence-electron chi connectivity index (χ3n) is 4.91. The molecule has 124 valence electrons. The van der Waals surface area contributed by atoms with Crippen molar-refractivity contribution in [3.05, 3.63) is 45.9 Å². The molecule has 1 aromatic heterocycles. The number of amides is 1. The molecule has 1 N–H and O–H groups in total. The summed E-state index contributed by atoms with van der Waals surface area (Å²) in [5.41, 5.74) is 4.11. The van der Waals surface area contributed by atoms with E-state index in [0.29, 0.717) is 0 Å². The Morgan fingerprint density at radius 2 is 1.83 bits per heavy atom. The maximum atomic E-state index is 12.8. The largest absolute Gasteiger partial charge is 0.354 e. The normalized spacial score (nSPS) is 16.2. The van der Waals surface area contributed by atoms with Crippen molar-refractivity contribution in [1.29, 1.82) is 0 Å². The molecule has 0 radical (unpaired) electrons. The molecule has 2 heterocycles. The molecule has 4 rings (SSSR count). The van der Waals surface area contributed by atoms with Crippen molar-refractivity contribution in [3.8, 4) is 0 Å². The number of aromatic amines is 1. The minimum Gasteiger partial charge on any atom is -0.354 e. The van der Waals surface area contributed by atoms with E-state index in [0.717, 1.165) is 52.6 Å². The fourth-order valence-electron chi connectivity index (χ4n) is 3.46. The number of halogens is 1. The van der Waals surface area contributed by atoms with Crippen molar-refractivity contribution in [3.63, 3.8) is 0 Å². The maximum absolute atomic E-state index is 12.8. The summed E-state index contributed by atoms with van der Waals surface area (Å²) in [6.45, 7) is 5.57. The number of carbonyl (C=O) groups excluding carboxylic acids is 1.